The molecule has 0 atom stereocenters. The van der Waals surface area contributed by atoms with Crippen LogP contribution in [0, 0.1) is 10.1 Å². The van der Waals surface area contributed by atoms with Gasteiger partial charge >= 0.3 is 11.7 Å². The number of para-hydroxylation sites is 2. The van der Waals surface area contributed by atoms with E-state index in [0.29, 0.717) is 6.54 Å². The van der Waals surface area contributed by atoms with Crippen molar-refractivity contribution in [3.05, 3.63) is 70.3 Å². The molecule has 28 heavy (non-hydrogen) atoms. The number of benzene rings is 2. The topological polar surface area (TPSA) is 108 Å². The van der Waals surface area contributed by atoms with E-state index in [1.54, 1.807) is 17.8 Å². The summed E-state index contributed by atoms with van der Waals surface area (Å²) in [5, 5.41) is 13.5. The molecule has 0 bridgehead atoms. The van der Waals surface area contributed by atoms with Gasteiger partial charge in [0.15, 0.2) is 19.0 Å². The molecule has 0 aromatic heterocycles. The second-order valence-electron chi connectivity index (χ2n) is 5.56. The van der Waals surface area contributed by atoms with Gasteiger partial charge in [-0.2, -0.15) is 11.8 Å². The molecule has 2 aromatic rings. The standard InChI is InChI=1S/C19H20N2O6S/c22-18(20-10-11-28-14-15-6-2-1-3-7-15)12-27-19(23)13-26-17-9-5-4-8-16(17)21(24)25/h1-9H,10-14H2,(H,20,22). The van der Waals surface area contributed by atoms with Gasteiger partial charge in [0, 0.05) is 24.1 Å². The Bertz CT molecular complexity index is 800. The second kappa shape index (κ2) is 11.6. The molecule has 0 saturated carbocycles. The summed E-state index contributed by atoms with van der Waals surface area (Å²) in [5.74, 6) is 0.347. The normalized spacial score (nSPS) is 10.1. The summed E-state index contributed by atoms with van der Waals surface area (Å²) in [5.41, 5.74) is 0.965. The average molecular weight is 404 g/mol. The van der Waals surface area contributed by atoms with E-state index in [9.17, 15) is 19.7 Å². The number of nitro benzene ring substituents is 1. The largest absolute Gasteiger partial charge is 0.475 e. The lowest BCUT2D eigenvalue weighted by Crippen LogP contribution is -2.31. The number of carbonyl (C=O) groups is 2. The van der Waals surface area contributed by atoms with E-state index in [-0.39, 0.29) is 11.4 Å². The third-order valence-corrected chi connectivity index (χ3v) is 4.48. The third kappa shape index (κ3) is 7.67. The van der Waals surface area contributed by atoms with Gasteiger partial charge in [-0.3, -0.25) is 14.9 Å². The van der Waals surface area contributed by atoms with Gasteiger partial charge in [0.05, 0.1) is 4.92 Å². The number of thioether (sulfide) groups is 1. The summed E-state index contributed by atoms with van der Waals surface area (Å²) in [4.78, 5) is 33.6. The number of rotatable bonds is 11. The van der Waals surface area contributed by atoms with Crippen LogP contribution in [-0.2, 0) is 20.1 Å². The van der Waals surface area contributed by atoms with Gasteiger partial charge in [-0.1, -0.05) is 42.5 Å². The van der Waals surface area contributed by atoms with Crippen molar-refractivity contribution in [1.82, 2.24) is 5.32 Å². The molecule has 0 radical (unpaired) electrons. The van der Waals surface area contributed by atoms with E-state index in [1.807, 2.05) is 30.3 Å². The van der Waals surface area contributed by atoms with Gasteiger partial charge in [0.25, 0.3) is 5.91 Å². The number of nitrogens with one attached hydrogen (secondary N) is 1. The van der Waals surface area contributed by atoms with Crippen LogP contribution < -0.4 is 10.1 Å². The summed E-state index contributed by atoms with van der Waals surface area (Å²) in [7, 11) is 0. The summed E-state index contributed by atoms with van der Waals surface area (Å²) in [6.07, 6.45) is 0. The van der Waals surface area contributed by atoms with Crippen molar-refractivity contribution in [2.75, 3.05) is 25.5 Å². The van der Waals surface area contributed by atoms with Crippen molar-refractivity contribution < 1.29 is 24.0 Å². The Morgan fingerprint density at radius 3 is 2.50 bits per heavy atom. The van der Waals surface area contributed by atoms with Crippen LogP contribution in [0.3, 0.4) is 0 Å². The molecule has 0 aliphatic carbocycles. The molecule has 0 aliphatic rings. The zero-order chi connectivity index (χ0) is 20.2. The molecule has 148 valence electrons. The number of amides is 1. The van der Waals surface area contributed by atoms with Crippen molar-refractivity contribution in [2.24, 2.45) is 0 Å². The maximum absolute atomic E-state index is 11.7. The summed E-state index contributed by atoms with van der Waals surface area (Å²) >= 11 is 1.68. The summed E-state index contributed by atoms with van der Waals surface area (Å²) in [6.45, 7) is -0.492. The zero-order valence-electron chi connectivity index (χ0n) is 15.0. The molecule has 0 aliphatic heterocycles. The minimum atomic E-state index is -0.785. The first-order chi connectivity index (χ1) is 13.6. The molecular formula is C19H20N2O6S. The predicted octanol–water partition coefficient (Wildman–Crippen LogP) is 2.57. The Morgan fingerprint density at radius 1 is 1.04 bits per heavy atom. The Kier molecular flexibility index (Phi) is 8.80. The van der Waals surface area contributed by atoms with E-state index < -0.39 is 30.0 Å². The van der Waals surface area contributed by atoms with Crippen LogP contribution in [0.1, 0.15) is 5.56 Å². The van der Waals surface area contributed by atoms with Gasteiger partial charge < -0.3 is 14.8 Å². The molecule has 2 rings (SSSR count). The molecule has 0 heterocycles. The van der Waals surface area contributed by atoms with E-state index in [4.69, 9.17) is 9.47 Å². The van der Waals surface area contributed by atoms with Gasteiger partial charge in [-0.15, -0.1) is 0 Å². The molecule has 0 unspecified atom stereocenters. The van der Waals surface area contributed by atoms with Crippen LogP contribution in [0.25, 0.3) is 0 Å². The first-order valence-corrected chi connectivity index (χ1v) is 9.62. The fraction of sp³-hybridized carbons (Fsp3) is 0.263. The maximum Gasteiger partial charge on any atom is 0.344 e. The van der Waals surface area contributed by atoms with Crippen LogP contribution in [-0.4, -0.2) is 42.3 Å². The molecule has 0 saturated heterocycles. The van der Waals surface area contributed by atoms with Gasteiger partial charge in [-0.05, 0) is 11.6 Å². The van der Waals surface area contributed by atoms with E-state index in [1.165, 1.54) is 23.8 Å². The quantitative estimate of drug-likeness (QED) is 0.265. The Balaban J connectivity index is 1.58. The zero-order valence-corrected chi connectivity index (χ0v) is 15.9. The van der Waals surface area contributed by atoms with Crippen molar-refractivity contribution in [2.45, 2.75) is 5.75 Å². The van der Waals surface area contributed by atoms with Crippen molar-refractivity contribution in [3.63, 3.8) is 0 Å². The molecule has 1 N–H and O–H groups in total. The number of hydrogen-bond donors (Lipinski definition) is 1. The first-order valence-electron chi connectivity index (χ1n) is 8.46. The molecule has 1 amide bonds. The SMILES string of the molecule is O=C(COC(=O)COc1ccccc1[N+](=O)[O-])NCCSCc1ccccc1. The molecule has 9 heteroatoms. The molecular weight excluding hydrogens is 384 g/mol. The molecule has 0 spiro atoms. The lowest BCUT2D eigenvalue weighted by molar-refractivity contribution is -0.385. The maximum atomic E-state index is 11.7. The number of nitro groups is 1. The van der Waals surface area contributed by atoms with Gasteiger partial charge in [0.2, 0.25) is 0 Å². The third-order valence-electron chi connectivity index (χ3n) is 3.45. The van der Waals surface area contributed by atoms with Crippen LogP contribution in [0.2, 0.25) is 0 Å². The van der Waals surface area contributed by atoms with Crippen LogP contribution in [0.15, 0.2) is 54.6 Å². The fourth-order valence-corrected chi connectivity index (χ4v) is 2.95. The highest BCUT2D eigenvalue weighted by Gasteiger charge is 2.15. The lowest BCUT2D eigenvalue weighted by Gasteiger charge is -2.08. The van der Waals surface area contributed by atoms with Crippen LogP contribution in [0.5, 0.6) is 5.75 Å². The minimum absolute atomic E-state index is 0.0376. The van der Waals surface area contributed by atoms with Gasteiger partial charge in [-0.25, -0.2) is 4.79 Å². The number of esters is 1. The Morgan fingerprint density at radius 2 is 1.75 bits per heavy atom. The molecule has 0 fully saturated rings. The number of hydrogen-bond acceptors (Lipinski definition) is 7. The predicted molar refractivity (Wildman–Crippen MR) is 105 cm³/mol. The highest BCUT2D eigenvalue weighted by atomic mass is 32.2. The van der Waals surface area contributed by atoms with Gasteiger partial charge in [0.1, 0.15) is 0 Å². The Labute approximate surface area is 166 Å². The van der Waals surface area contributed by atoms with Crippen LogP contribution in [0.4, 0.5) is 5.69 Å². The van der Waals surface area contributed by atoms with E-state index in [0.717, 1.165) is 11.5 Å². The first kappa shape index (κ1) is 21.2. The van der Waals surface area contributed by atoms with Crippen molar-refractivity contribution in [3.8, 4) is 5.75 Å². The smallest absolute Gasteiger partial charge is 0.344 e. The Hall–Kier alpha value is -3.07. The molecule has 8 nitrogen and oxygen atoms in total. The lowest BCUT2D eigenvalue weighted by atomic mass is 10.2. The van der Waals surface area contributed by atoms with E-state index >= 15 is 0 Å². The highest BCUT2D eigenvalue weighted by Crippen LogP contribution is 2.25. The van der Waals surface area contributed by atoms with Crippen LogP contribution >= 0.6 is 11.8 Å². The second-order valence-corrected chi connectivity index (χ2v) is 6.67. The van der Waals surface area contributed by atoms with E-state index in [2.05, 4.69) is 5.32 Å². The number of ether oxygens (including phenoxy) is 2. The monoisotopic (exact) mass is 404 g/mol. The fourth-order valence-electron chi connectivity index (χ4n) is 2.13. The summed E-state index contributed by atoms with van der Waals surface area (Å²) < 4.78 is 9.90. The number of nitrogens with zero attached hydrogens (tertiary/aromatic N) is 1. The van der Waals surface area contributed by atoms with Crippen molar-refractivity contribution in [1.29, 1.82) is 0 Å². The molecule has 2 aromatic carbocycles. The average Bonchev–Trinajstić information content (AvgIpc) is 2.71. The minimum Gasteiger partial charge on any atom is -0.475 e. The number of carbonyl (C=O) groups excluding carboxylic acids is 2. The highest BCUT2D eigenvalue weighted by molar-refractivity contribution is 7.98. The summed E-state index contributed by atoms with van der Waals surface area (Å²) in [6, 6.07) is 15.7. The van der Waals surface area contributed by atoms with Crippen molar-refractivity contribution >= 4 is 29.3 Å².